The van der Waals surface area contributed by atoms with Gasteiger partial charge in [-0.3, -0.25) is 9.78 Å². The standard InChI is InChI=1S/C18H16N2O2/c1-12(21)10-13-11-14(8-9-20-13)22-18-7-6-17(19)15-4-2-3-5-16(15)18/h2-9,11H,10,19H2,1H3. The minimum atomic E-state index is 0.0718. The van der Waals surface area contributed by atoms with Gasteiger partial charge in [0.1, 0.15) is 17.3 Å². The average Bonchev–Trinajstić information content (AvgIpc) is 2.50. The Bertz CT molecular complexity index is 843. The van der Waals surface area contributed by atoms with Gasteiger partial charge in [-0.1, -0.05) is 24.3 Å². The van der Waals surface area contributed by atoms with Crippen molar-refractivity contribution in [2.75, 3.05) is 5.73 Å². The SMILES string of the molecule is CC(=O)Cc1cc(Oc2ccc(N)c3ccccc23)ccn1. The largest absolute Gasteiger partial charge is 0.457 e. The van der Waals surface area contributed by atoms with Crippen molar-refractivity contribution >= 4 is 22.2 Å². The fraction of sp³-hybridized carbons (Fsp3) is 0.111. The van der Waals surface area contributed by atoms with Crippen molar-refractivity contribution in [2.24, 2.45) is 0 Å². The maximum absolute atomic E-state index is 11.2. The Morgan fingerprint density at radius 3 is 2.68 bits per heavy atom. The molecule has 1 heterocycles. The van der Waals surface area contributed by atoms with E-state index in [9.17, 15) is 4.79 Å². The van der Waals surface area contributed by atoms with Crippen LogP contribution in [-0.2, 0) is 11.2 Å². The molecule has 3 aromatic rings. The van der Waals surface area contributed by atoms with Crippen LogP contribution >= 0.6 is 0 Å². The highest BCUT2D eigenvalue weighted by atomic mass is 16.5. The number of aromatic nitrogens is 1. The lowest BCUT2D eigenvalue weighted by atomic mass is 10.1. The number of pyridine rings is 1. The number of rotatable bonds is 4. The summed E-state index contributed by atoms with van der Waals surface area (Å²) in [4.78, 5) is 15.4. The summed E-state index contributed by atoms with van der Waals surface area (Å²) in [5, 5.41) is 1.91. The fourth-order valence-corrected chi connectivity index (χ4v) is 2.38. The summed E-state index contributed by atoms with van der Waals surface area (Å²) in [6.07, 6.45) is 1.95. The van der Waals surface area contributed by atoms with E-state index < -0.39 is 0 Å². The Morgan fingerprint density at radius 2 is 1.91 bits per heavy atom. The molecule has 0 fully saturated rings. The number of hydrogen-bond donors (Lipinski definition) is 1. The van der Waals surface area contributed by atoms with E-state index >= 15 is 0 Å². The Balaban J connectivity index is 1.97. The van der Waals surface area contributed by atoms with Crippen LogP contribution in [0.1, 0.15) is 12.6 Å². The molecular formula is C18H16N2O2. The second-order valence-corrected chi connectivity index (χ2v) is 5.16. The highest BCUT2D eigenvalue weighted by Crippen LogP contribution is 2.33. The monoisotopic (exact) mass is 292 g/mol. The average molecular weight is 292 g/mol. The lowest BCUT2D eigenvalue weighted by Crippen LogP contribution is -1.99. The quantitative estimate of drug-likeness (QED) is 0.744. The van der Waals surface area contributed by atoms with Crippen molar-refractivity contribution in [1.29, 1.82) is 0 Å². The van der Waals surface area contributed by atoms with Gasteiger partial charge in [0.15, 0.2) is 0 Å². The predicted octanol–water partition coefficient (Wildman–Crippen LogP) is 3.74. The number of Topliss-reactive ketones (excluding diaryl/α,β-unsaturated/α-hetero) is 1. The fourth-order valence-electron chi connectivity index (χ4n) is 2.38. The normalized spacial score (nSPS) is 10.6. The molecule has 4 heteroatoms. The van der Waals surface area contributed by atoms with Gasteiger partial charge in [-0.25, -0.2) is 0 Å². The van der Waals surface area contributed by atoms with Crippen LogP contribution in [0.25, 0.3) is 10.8 Å². The molecule has 110 valence electrons. The molecule has 3 rings (SSSR count). The number of ketones is 1. The zero-order valence-electron chi connectivity index (χ0n) is 12.2. The number of fused-ring (bicyclic) bond motifs is 1. The van der Waals surface area contributed by atoms with E-state index in [1.165, 1.54) is 0 Å². The molecule has 0 aliphatic carbocycles. The molecule has 22 heavy (non-hydrogen) atoms. The van der Waals surface area contributed by atoms with Gasteiger partial charge in [0.2, 0.25) is 0 Å². The first-order valence-corrected chi connectivity index (χ1v) is 7.03. The summed E-state index contributed by atoms with van der Waals surface area (Å²) < 4.78 is 5.96. The number of hydrogen-bond acceptors (Lipinski definition) is 4. The van der Waals surface area contributed by atoms with Crippen molar-refractivity contribution in [2.45, 2.75) is 13.3 Å². The van der Waals surface area contributed by atoms with Crippen LogP contribution in [0.2, 0.25) is 0 Å². The van der Waals surface area contributed by atoms with Crippen LogP contribution in [0.5, 0.6) is 11.5 Å². The first-order chi connectivity index (χ1) is 10.6. The molecule has 2 aromatic carbocycles. The molecule has 0 saturated heterocycles. The molecule has 4 nitrogen and oxygen atoms in total. The van der Waals surface area contributed by atoms with E-state index in [-0.39, 0.29) is 5.78 Å². The van der Waals surface area contributed by atoms with Gasteiger partial charge in [-0.15, -0.1) is 0 Å². The van der Waals surface area contributed by atoms with Gasteiger partial charge in [0, 0.05) is 35.1 Å². The zero-order chi connectivity index (χ0) is 15.5. The van der Waals surface area contributed by atoms with E-state index in [2.05, 4.69) is 4.98 Å². The van der Waals surface area contributed by atoms with E-state index in [1.807, 2.05) is 36.4 Å². The van der Waals surface area contributed by atoms with Crippen molar-refractivity contribution in [1.82, 2.24) is 4.98 Å². The Labute approximate surface area is 128 Å². The first kappa shape index (κ1) is 14.1. The van der Waals surface area contributed by atoms with Crippen molar-refractivity contribution in [3.05, 3.63) is 60.4 Å². The van der Waals surface area contributed by atoms with Gasteiger partial charge < -0.3 is 10.5 Å². The predicted molar refractivity (Wildman–Crippen MR) is 87.1 cm³/mol. The molecule has 0 atom stereocenters. The molecule has 0 spiro atoms. The lowest BCUT2D eigenvalue weighted by molar-refractivity contribution is -0.116. The highest BCUT2D eigenvalue weighted by molar-refractivity contribution is 5.97. The molecule has 0 unspecified atom stereocenters. The first-order valence-electron chi connectivity index (χ1n) is 7.03. The summed E-state index contributed by atoms with van der Waals surface area (Å²) in [7, 11) is 0. The van der Waals surface area contributed by atoms with Crippen LogP contribution in [0.4, 0.5) is 5.69 Å². The van der Waals surface area contributed by atoms with Gasteiger partial charge in [-0.2, -0.15) is 0 Å². The number of carbonyl (C=O) groups is 1. The Hall–Kier alpha value is -2.88. The Kier molecular flexibility index (Phi) is 3.74. The third-order valence-electron chi connectivity index (χ3n) is 3.36. The van der Waals surface area contributed by atoms with Crippen molar-refractivity contribution in [3.63, 3.8) is 0 Å². The van der Waals surface area contributed by atoms with Crippen LogP contribution in [0.15, 0.2) is 54.7 Å². The zero-order valence-corrected chi connectivity index (χ0v) is 12.2. The summed E-state index contributed by atoms with van der Waals surface area (Å²) in [5.41, 5.74) is 7.41. The molecule has 0 saturated carbocycles. The summed E-state index contributed by atoms with van der Waals surface area (Å²) in [5.74, 6) is 1.45. The number of ether oxygens (including phenoxy) is 1. The van der Waals surface area contributed by atoms with E-state index in [4.69, 9.17) is 10.5 Å². The Morgan fingerprint density at radius 1 is 1.14 bits per heavy atom. The molecular weight excluding hydrogens is 276 g/mol. The van der Waals surface area contributed by atoms with Crippen molar-refractivity contribution in [3.8, 4) is 11.5 Å². The maximum Gasteiger partial charge on any atom is 0.135 e. The van der Waals surface area contributed by atoms with Crippen LogP contribution in [-0.4, -0.2) is 10.8 Å². The third kappa shape index (κ3) is 2.91. The number of nitrogen functional groups attached to an aromatic ring is 1. The summed E-state index contributed by atoms with van der Waals surface area (Å²) >= 11 is 0. The molecule has 0 aliphatic heterocycles. The minimum absolute atomic E-state index is 0.0718. The van der Waals surface area contributed by atoms with Gasteiger partial charge in [-0.05, 0) is 25.1 Å². The summed E-state index contributed by atoms with van der Waals surface area (Å²) in [6, 6.07) is 15.1. The van der Waals surface area contributed by atoms with Crippen LogP contribution < -0.4 is 10.5 Å². The number of anilines is 1. The summed E-state index contributed by atoms with van der Waals surface area (Å²) in [6.45, 7) is 1.54. The number of nitrogens with zero attached hydrogens (tertiary/aromatic N) is 1. The number of benzene rings is 2. The second kappa shape index (κ2) is 5.85. The van der Waals surface area contributed by atoms with Crippen LogP contribution in [0.3, 0.4) is 0 Å². The van der Waals surface area contributed by atoms with E-state index in [0.29, 0.717) is 17.9 Å². The van der Waals surface area contributed by atoms with E-state index in [0.717, 1.165) is 22.2 Å². The number of carbonyl (C=O) groups excluding carboxylic acids is 1. The van der Waals surface area contributed by atoms with Gasteiger partial charge >= 0.3 is 0 Å². The highest BCUT2D eigenvalue weighted by Gasteiger charge is 2.07. The van der Waals surface area contributed by atoms with Crippen LogP contribution in [0, 0.1) is 0 Å². The molecule has 0 amide bonds. The topological polar surface area (TPSA) is 65.2 Å². The number of nitrogens with two attached hydrogens (primary N) is 1. The molecule has 0 bridgehead atoms. The molecule has 2 N–H and O–H groups in total. The smallest absolute Gasteiger partial charge is 0.135 e. The van der Waals surface area contributed by atoms with E-state index in [1.54, 1.807) is 25.3 Å². The molecule has 0 radical (unpaired) electrons. The lowest BCUT2D eigenvalue weighted by Gasteiger charge is -2.11. The molecule has 0 aliphatic rings. The molecule has 1 aromatic heterocycles. The van der Waals surface area contributed by atoms with Gasteiger partial charge in [0.25, 0.3) is 0 Å². The third-order valence-corrected chi connectivity index (χ3v) is 3.36. The van der Waals surface area contributed by atoms with Crippen molar-refractivity contribution < 1.29 is 9.53 Å². The maximum atomic E-state index is 11.2. The minimum Gasteiger partial charge on any atom is -0.457 e. The second-order valence-electron chi connectivity index (χ2n) is 5.16. The van der Waals surface area contributed by atoms with Gasteiger partial charge in [0.05, 0.1) is 5.69 Å².